The van der Waals surface area contributed by atoms with Gasteiger partial charge in [-0.25, -0.2) is 8.42 Å². The number of aromatic nitrogens is 4. The Kier molecular flexibility index (Phi) is 2.66. The van der Waals surface area contributed by atoms with E-state index in [1.54, 1.807) is 20.9 Å². The quantitative estimate of drug-likeness (QED) is 0.838. The van der Waals surface area contributed by atoms with Gasteiger partial charge in [-0.1, -0.05) is 0 Å². The van der Waals surface area contributed by atoms with Crippen LogP contribution in [0.5, 0.6) is 0 Å². The fourth-order valence-electron chi connectivity index (χ4n) is 1.43. The Bertz CT molecular complexity index is 621. The van der Waals surface area contributed by atoms with Crippen molar-refractivity contribution in [1.82, 2.24) is 20.0 Å². The van der Waals surface area contributed by atoms with Crippen LogP contribution in [-0.2, 0) is 17.1 Å². The molecule has 0 unspecified atom stereocenters. The van der Waals surface area contributed by atoms with Crippen molar-refractivity contribution in [3.8, 4) is 0 Å². The van der Waals surface area contributed by atoms with E-state index in [4.69, 9.17) is 0 Å². The van der Waals surface area contributed by atoms with E-state index in [1.807, 2.05) is 0 Å². The highest BCUT2D eigenvalue weighted by molar-refractivity contribution is 7.92. The van der Waals surface area contributed by atoms with Gasteiger partial charge in [-0.3, -0.25) is 14.5 Å². The second-order valence-electron chi connectivity index (χ2n) is 3.76. The fourth-order valence-corrected chi connectivity index (χ4v) is 2.60. The molecule has 0 aromatic carbocycles. The van der Waals surface area contributed by atoms with Crippen LogP contribution in [0.1, 0.15) is 11.4 Å². The van der Waals surface area contributed by atoms with Crippen LogP contribution >= 0.6 is 0 Å². The number of sulfonamides is 1. The van der Waals surface area contributed by atoms with Gasteiger partial charge in [0.2, 0.25) is 0 Å². The predicted octanol–water partition coefficient (Wildman–Crippen LogP) is 0.561. The highest BCUT2D eigenvalue weighted by atomic mass is 32.2. The smallest absolute Gasteiger partial charge is 0.265 e. The molecule has 0 saturated carbocycles. The van der Waals surface area contributed by atoms with Crippen molar-refractivity contribution in [3.63, 3.8) is 0 Å². The molecule has 7 nitrogen and oxygen atoms in total. The van der Waals surface area contributed by atoms with Crippen molar-refractivity contribution in [2.24, 2.45) is 7.05 Å². The summed E-state index contributed by atoms with van der Waals surface area (Å²) in [5.74, 6) is 0. The van der Waals surface area contributed by atoms with E-state index in [1.165, 1.54) is 17.1 Å². The Balaban J connectivity index is 2.36. The van der Waals surface area contributed by atoms with E-state index in [-0.39, 0.29) is 4.90 Å². The van der Waals surface area contributed by atoms with Crippen LogP contribution in [-0.4, -0.2) is 28.4 Å². The van der Waals surface area contributed by atoms with Gasteiger partial charge in [0.05, 0.1) is 23.3 Å². The summed E-state index contributed by atoms with van der Waals surface area (Å²) in [5.41, 5.74) is 1.76. The fraction of sp³-hybridized carbons (Fsp3) is 0.333. The van der Waals surface area contributed by atoms with Crippen LogP contribution < -0.4 is 4.72 Å². The van der Waals surface area contributed by atoms with Crippen LogP contribution in [0.4, 0.5) is 5.69 Å². The van der Waals surface area contributed by atoms with E-state index in [0.717, 1.165) is 0 Å². The van der Waals surface area contributed by atoms with Gasteiger partial charge >= 0.3 is 0 Å². The Morgan fingerprint density at radius 2 is 2.12 bits per heavy atom. The molecule has 17 heavy (non-hydrogen) atoms. The molecule has 92 valence electrons. The first-order valence-corrected chi connectivity index (χ1v) is 6.41. The second-order valence-corrected chi connectivity index (χ2v) is 5.45. The summed E-state index contributed by atoms with van der Waals surface area (Å²) in [6, 6.07) is 0. The number of H-pyrrole nitrogens is 1. The number of nitrogens with one attached hydrogen (secondary N) is 2. The van der Waals surface area contributed by atoms with E-state index in [0.29, 0.717) is 17.1 Å². The van der Waals surface area contributed by atoms with Crippen molar-refractivity contribution < 1.29 is 8.42 Å². The van der Waals surface area contributed by atoms with Gasteiger partial charge in [0.15, 0.2) is 0 Å². The third kappa shape index (κ3) is 2.16. The Morgan fingerprint density at radius 1 is 1.41 bits per heavy atom. The average molecular weight is 255 g/mol. The molecular weight excluding hydrogens is 242 g/mol. The lowest BCUT2D eigenvalue weighted by molar-refractivity contribution is 0.601. The zero-order valence-electron chi connectivity index (χ0n) is 9.72. The van der Waals surface area contributed by atoms with Gasteiger partial charge in [0, 0.05) is 13.2 Å². The molecule has 0 spiro atoms. The summed E-state index contributed by atoms with van der Waals surface area (Å²) < 4.78 is 27.9. The molecule has 0 saturated heterocycles. The Morgan fingerprint density at radius 3 is 2.59 bits per heavy atom. The van der Waals surface area contributed by atoms with Gasteiger partial charge < -0.3 is 0 Å². The molecule has 2 rings (SSSR count). The average Bonchev–Trinajstić information content (AvgIpc) is 2.80. The minimum atomic E-state index is -3.60. The van der Waals surface area contributed by atoms with Crippen LogP contribution in [0, 0.1) is 13.8 Å². The molecule has 0 aliphatic heterocycles. The molecule has 2 N–H and O–H groups in total. The van der Waals surface area contributed by atoms with E-state index in [9.17, 15) is 8.42 Å². The first-order chi connectivity index (χ1) is 7.90. The zero-order valence-corrected chi connectivity index (χ0v) is 10.5. The molecule has 2 aromatic heterocycles. The maximum Gasteiger partial charge on any atom is 0.265 e. The molecule has 0 radical (unpaired) electrons. The largest absolute Gasteiger partial charge is 0.280 e. The lowest BCUT2D eigenvalue weighted by Gasteiger charge is -2.05. The minimum absolute atomic E-state index is 0.125. The van der Waals surface area contributed by atoms with Crippen molar-refractivity contribution in [2.75, 3.05) is 4.72 Å². The summed E-state index contributed by atoms with van der Waals surface area (Å²) in [4.78, 5) is 0.125. The molecule has 8 heteroatoms. The van der Waals surface area contributed by atoms with E-state index < -0.39 is 10.0 Å². The minimum Gasteiger partial charge on any atom is -0.280 e. The third-order valence-corrected chi connectivity index (χ3v) is 3.66. The van der Waals surface area contributed by atoms with Crippen LogP contribution in [0.15, 0.2) is 17.3 Å². The number of anilines is 1. The van der Waals surface area contributed by atoms with Gasteiger partial charge in [0.25, 0.3) is 10.0 Å². The lowest BCUT2D eigenvalue weighted by Crippen LogP contribution is -2.13. The molecule has 0 fully saturated rings. The Hall–Kier alpha value is -1.83. The van der Waals surface area contributed by atoms with E-state index >= 15 is 0 Å². The van der Waals surface area contributed by atoms with Gasteiger partial charge in [0.1, 0.15) is 4.90 Å². The molecule has 0 bridgehead atoms. The zero-order chi connectivity index (χ0) is 12.6. The van der Waals surface area contributed by atoms with E-state index in [2.05, 4.69) is 20.0 Å². The molecule has 0 aliphatic rings. The summed E-state index contributed by atoms with van der Waals surface area (Å²) in [5, 5.41) is 10.5. The van der Waals surface area contributed by atoms with Crippen molar-refractivity contribution in [3.05, 3.63) is 23.8 Å². The van der Waals surface area contributed by atoms with Crippen LogP contribution in [0.3, 0.4) is 0 Å². The molecule has 2 heterocycles. The maximum absolute atomic E-state index is 12.0. The predicted molar refractivity (Wildman–Crippen MR) is 62.1 cm³/mol. The second kappa shape index (κ2) is 3.88. The number of hydrogen-bond donors (Lipinski definition) is 2. The molecule has 2 aromatic rings. The number of hydrogen-bond acceptors (Lipinski definition) is 4. The standard InChI is InChI=1S/C9H13N5O2S/c1-6-9(7(2)12-11-6)13-17(15,16)8-4-10-14(3)5-8/h4-5,13H,1-3H3,(H,11,12). The Labute approximate surface area is 98.9 Å². The first-order valence-electron chi connectivity index (χ1n) is 4.93. The summed E-state index contributed by atoms with van der Waals surface area (Å²) in [6.07, 6.45) is 2.74. The number of aryl methyl sites for hydroxylation is 3. The highest BCUT2D eigenvalue weighted by Crippen LogP contribution is 2.20. The van der Waals surface area contributed by atoms with Crippen molar-refractivity contribution in [1.29, 1.82) is 0 Å². The number of nitrogens with zero attached hydrogens (tertiary/aromatic N) is 3. The molecule has 0 atom stereocenters. The number of rotatable bonds is 3. The van der Waals surface area contributed by atoms with Gasteiger partial charge in [-0.2, -0.15) is 10.2 Å². The summed E-state index contributed by atoms with van der Waals surface area (Å²) >= 11 is 0. The highest BCUT2D eigenvalue weighted by Gasteiger charge is 2.19. The lowest BCUT2D eigenvalue weighted by atomic mass is 10.3. The summed E-state index contributed by atoms with van der Waals surface area (Å²) in [7, 11) is -1.94. The van der Waals surface area contributed by atoms with Crippen molar-refractivity contribution >= 4 is 15.7 Å². The maximum atomic E-state index is 12.0. The normalized spacial score (nSPS) is 11.7. The molecular formula is C9H13N5O2S. The third-order valence-electron chi connectivity index (χ3n) is 2.36. The topological polar surface area (TPSA) is 92.7 Å². The van der Waals surface area contributed by atoms with Crippen LogP contribution in [0.25, 0.3) is 0 Å². The molecule has 0 aliphatic carbocycles. The monoisotopic (exact) mass is 255 g/mol. The summed E-state index contributed by atoms with van der Waals surface area (Å²) in [6.45, 7) is 3.48. The van der Waals surface area contributed by atoms with Gasteiger partial charge in [-0.15, -0.1) is 0 Å². The SMILES string of the molecule is Cc1n[nH]c(C)c1NS(=O)(=O)c1cnn(C)c1. The van der Waals surface area contributed by atoms with Crippen LogP contribution in [0.2, 0.25) is 0 Å². The van der Waals surface area contributed by atoms with Crippen molar-refractivity contribution in [2.45, 2.75) is 18.7 Å². The first kappa shape index (κ1) is 11.6. The van der Waals surface area contributed by atoms with Gasteiger partial charge in [-0.05, 0) is 13.8 Å². The molecule has 0 amide bonds. The number of aromatic amines is 1.